The Kier molecular flexibility index (Phi) is 4.94. The van der Waals surface area contributed by atoms with Crippen molar-refractivity contribution in [2.24, 2.45) is 5.73 Å². The molecular weight excluding hydrogens is 314 g/mol. The average Bonchev–Trinajstić information content (AvgIpc) is 2.43. The highest BCUT2D eigenvalue weighted by Crippen LogP contribution is 2.35. The molecule has 1 nitrogen and oxygen atoms in total. The minimum atomic E-state index is 0.201. The van der Waals surface area contributed by atoms with E-state index in [1.54, 1.807) is 11.3 Å². The van der Waals surface area contributed by atoms with Crippen LogP contribution >= 0.6 is 43.2 Å². The van der Waals surface area contributed by atoms with Crippen LogP contribution < -0.4 is 5.73 Å². The van der Waals surface area contributed by atoms with Crippen LogP contribution in [0, 0.1) is 0 Å². The quantitative estimate of drug-likeness (QED) is 0.868. The molecule has 1 heterocycles. The number of thiophene rings is 1. The Morgan fingerprint density at radius 3 is 2.69 bits per heavy atom. The smallest absolute Gasteiger partial charge is 0.0843 e. The molecule has 1 aromatic rings. The SMILES string of the molecule is CCCC[C@@H](N)c1cc(Br)c(Br)s1. The second-order valence-electron chi connectivity index (χ2n) is 3.02. The number of rotatable bonds is 4. The van der Waals surface area contributed by atoms with Crippen LogP contribution in [0.3, 0.4) is 0 Å². The highest BCUT2D eigenvalue weighted by Gasteiger charge is 2.10. The molecule has 0 aliphatic rings. The van der Waals surface area contributed by atoms with E-state index in [1.807, 2.05) is 0 Å². The van der Waals surface area contributed by atoms with Gasteiger partial charge in [-0.05, 0) is 44.3 Å². The summed E-state index contributed by atoms with van der Waals surface area (Å²) in [4.78, 5) is 1.26. The number of hydrogen-bond donors (Lipinski definition) is 1. The topological polar surface area (TPSA) is 26.0 Å². The molecule has 0 aliphatic heterocycles. The van der Waals surface area contributed by atoms with E-state index in [1.165, 1.54) is 17.7 Å². The van der Waals surface area contributed by atoms with Crippen LogP contribution in [-0.4, -0.2) is 0 Å². The maximum Gasteiger partial charge on any atom is 0.0843 e. The summed E-state index contributed by atoms with van der Waals surface area (Å²) in [5, 5.41) is 0. The first-order valence-electron chi connectivity index (χ1n) is 4.35. The molecular formula is C9H13Br2NS. The van der Waals surface area contributed by atoms with Crippen LogP contribution in [0.15, 0.2) is 14.3 Å². The van der Waals surface area contributed by atoms with E-state index in [4.69, 9.17) is 5.73 Å². The van der Waals surface area contributed by atoms with Gasteiger partial charge >= 0.3 is 0 Å². The summed E-state index contributed by atoms with van der Waals surface area (Å²) >= 11 is 8.65. The first-order valence-corrected chi connectivity index (χ1v) is 6.75. The van der Waals surface area contributed by atoms with E-state index in [9.17, 15) is 0 Å². The highest BCUT2D eigenvalue weighted by atomic mass is 79.9. The largest absolute Gasteiger partial charge is 0.323 e. The van der Waals surface area contributed by atoms with Gasteiger partial charge in [-0.25, -0.2) is 0 Å². The lowest BCUT2D eigenvalue weighted by molar-refractivity contribution is 0.611. The maximum atomic E-state index is 6.03. The van der Waals surface area contributed by atoms with Gasteiger partial charge < -0.3 is 5.73 Å². The second-order valence-corrected chi connectivity index (χ2v) is 6.28. The van der Waals surface area contributed by atoms with Gasteiger partial charge in [0.15, 0.2) is 0 Å². The van der Waals surface area contributed by atoms with Crippen LogP contribution in [0.2, 0.25) is 0 Å². The lowest BCUT2D eigenvalue weighted by Crippen LogP contribution is -2.07. The Labute approximate surface area is 100.0 Å². The van der Waals surface area contributed by atoms with E-state index < -0.39 is 0 Å². The van der Waals surface area contributed by atoms with Gasteiger partial charge in [-0.3, -0.25) is 0 Å². The zero-order valence-corrected chi connectivity index (χ0v) is 11.5. The fraction of sp³-hybridized carbons (Fsp3) is 0.556. The summed E-state index contributed by atoms with van der Waals surface area (Å²) in [6, 6.07) is 2.31. The Balaban J connectivity index is 2.60. The summed E-state index contributed by atoms with van der Waals surface area (Å²) in [6.45, 7) is 2.19. The van der Waals surface area contributed by atoms with Crippen LogP contribution in [0.5, 0.6) is 0 Å². The lowest BCUT2D eigenvalue weighted by Gasteiger charge is -2.07. The molecule has 1 aromatic heterocycles. The summed E-state index contributed by atoms with van der Waals surface area (Å²) in [5.41, 5.74) is 6.03. The predicted molar refractivity (Wildman–Crippen MR) is 66.2 cm³/mol. The van der Waals surface area contributed by atoms with Crippen LogP contribution in [0.4, 0.5) is 0 Å². The Morgan fingerprint density at radius 2 is 2.23 bits per heavy atom. The van der Waals surface area contributed by atoms with Crippen molar-refractivity contribution >= 4 is 43.2 Å². The van der Waals surface area contributed by atoms with Crippen LogP contribution in [0.1, 0.15) is 37.1 Å². The zero-order valence-electron chi connectivity index (χ0n) is 7.52. The van der Waals surface area contributed by atoms with Gasteiger partial charge in [0.05, 0.1) is 3.79 Å². The summed E-state index contributed by atoms with van der Waals surface area (Å²) < 4.78 is 2.24. The normalized spacial score (nSPS) is 13.2. The van der Waals surface area contributed by atoms with Crippen molar-refractivity contribution in [2.45, 2.75) is 32.2 Å². The van der Waals surface area contributed by atoms with E-state index in [2.05, 4.69) is 44.8 Å². The van der Waals surface area contributed by atoms with Crippen molar-refractivity contribution in [3.05, 3.63) is 19.2 Å². The van der Waals surface area contributed by atoms with Gasteiger partial charge in [0.1, 0.15) is 0 Å². The fourth-order valence-electron chi connectivity index (χ4n) is 1.11. The molecule has 0 amide bonds. The Morgan fingerprint density at radius 1 is 1.54 bits per heavy atom. The molecule has 1 atom stereocenters. The maximum absolute atomic E-state index is 6.03. The van der Waals surface area contributed by atoms with Crippen LogP contribution in [0.25, 0.3) is 0 Å². The lowest BCUT2D eigenvalue weighted by atomic mass is 10.1. The van der Waals surface area contributed by atoms with Gasteiger partial charge in [0.25, 0.3) is 0 Å². The first kappa shape index (κ1) is 11.7. The van der Waals surface area contributed by atoms with Gasteiger partial charge in [-0.2, -0.15) is 0 Å². The third-order valence-corrected chi connectivity index (χ3v) is 5.29. The molecule has 1 rings (SSSR count). The van der Waals surface area contributed by atoms with Gasteiger partial charge in [0, 0.05) is 15.4 Å². The first-order chi connectivity index (χ1) is 6.15. The molecule has 0 aliphatic carbocycles. The molecule has 0 aromatic carbocycles. The molecule has 13 heavy (non-hydrogen) atoms. The van der Waals surface area contributed by atoms with Crippen molar-refractivity contribution in [3.63, 3.8) is 0 Å². The standard InChI is InChI=1S/C9H13Br2NS/c1-2-3-4-7(12)8-5-6(10)9(11)13-8/h5,7H,2-4,12H2,1H3/t7-/m1/s1. The molecule has 0 saturated carbocycles. The average molecular weight is 327 g/mol. The number of nitrogens with two attached hydrogens (primary N) is 1. The van der Waals surface area contributed by atoms with E-state index in [-0.39, 0.29) is 6.04 Å². The highest BCUT2D eigenvalue weighted by molar-refractivity contribution is 9.13. The van der Waals surface area contributed by atoms with E-state index in [0.29, 0.717) is 0 Å². The molecule has 4 heteroatoms. The van der Waals surface area contributed by atoms with Crippen molar-refractivity contribution < 1.29 is 0 Å². The molecule has 2 N–H and O–H groups in total. The predicted octanol–water partition coefficient (Wildman–Crippen LogP) is 4.46. The molecule has 0 spiro atoms. The van der Waals surface area contributed by atoms with Crippen molar-refractivity contribution in [1.29, 1.82) is 0 Å². The Hall–Kier alpha value is 0.620. The summed E-state index contributed by atoms with van der Waals surface area (Å²) in [6.07, 6.45) is 3.49. The van der Waals surface area contributed by atoms with Gasteiger partial charge in [-0.15, -0.1) is 11.3 Å². The van der Waals surface area contributed by atoms with Crippen molar-refractivity contribution in [1.82, 2.24) is 0 Å². The number of halogens is 2. The van der Waals surface area contributed by atoms with E-state index in [0.717, 1.165) is 14.7 Å². The van der Waals surface area contributed by atoms with E-state index >= 15 is 0 Å². The van der Waals surface area contributed by atoms with Gasteiger partial charge in [0.2, 0.25) is 0 Å². The second kappa shape index (κ2) is 5.49. The Bertz CT molecular complexity index is 253. The molecule has 0 fully saturated rings. The number of unbranched alkanes of at least 4 members (excludes halogenated alkanes) is 1. The summed E-state index contributed by atoms with van der Waals surface area (Å²) in [5.74, 6) is 0. The monoisotopic (exact) mass is 325 g/mol. The van der Waals surface area contributed by atoms with Crippen molar-refractivity contribution in [3.8, 4) is 0 Å². The minimum absolute atomic E-state index is 0.201. The molecule has 0 radical (unpaired) electrons. The summed E-state index contributed by atoms with van der Waals surface area (Å²) in [7, 11) is 0. The van der Waals surface area contributed by atoms with Crippen LogP contribution in [-0.2, 0) is 0 Å². The number of hydrogen-bond acceptors (Lipinski definition) is 2. The molecule has 0 unspecified atom stereocenters. The third-order valence-electron chi connectivity index (χ3n) is 1.90. The molecule has 74 valence electrons. The van der Waals surface area contributed by atoms with Gasteiger partial charge in [-0.1, -0.05) is 19.8 Å². The molecule has 0 bridgehead atoms. The minimum Gasteiger partial charge on any atom is -0.323 e. The molecule has 0 saturated heterocycles. The third kappa shape index (κ3) is 3.35. The fourth-order valence-corrected chi connectivity index (χ4v) is 3.24. The van der Waals surface area contributed by atoms with Crippen molar-refractivity contribution in [2.75, 3.05) is 0 Å². The zero-order chi connectivity index (χ0) is 9.84.